The summed E-state index contributed by atoms with van der Waals surface area (Å²) in [6.45, 7) is 5.33. The molecule has 0 aromatic carbocycles. The van der Waals surface area contributed by atoms with Crippen molar-refractivity contribution in [3.05, 3.63) is 36.5 Å². The van der Waals surface area contributed by atoms with Crippen LogP contribution in [0.3, 0.4) is 0 Å². The highest BCUT2D eigenvalue weighted by molar-refractivity contribution is 6.04. The van der Waals surface area contributed by atoms with E-state index in [2.05, 4.69) is 11.9 Å². The van der Waals surface area contributed by atoms with Crippen molar-refractivity contribution in [1.82, 2.24) is 10.2 Å². The second kappa shape index (κ2) is 6.68. The lowest BCUT2D eigenvalue weighted by Gasteiger charge is -2.28. The van der Waals surface area contributed by atoms with E-state index in [0.29, 0.717) is 12.0 Å². The number of hydrogen-bond donors (Lipinski definition) is 1. The van der Waals surface area contributed by atoms with E-state index in [0.717, 1.165) is 4.90 Å². The third-order valence-corrected chi connectivity index (χ3v) is 2.86. The fourth-order valence-corrected chi connectivity index (χ4v) is 1.80. The standard InChI is InChI=1S/C14H18N2O3/c1-4-6-10(7-5-2)13(18)15-11-8-9-12(17)16(3)14(11)19/h4-7,11H,1,8-9H2,2-3H3,(H,15,18)/b7-5?,10-6+. The number of amides is 3. The Morgan fingerprint density at radius 1 is 1.47 bits per heavy atom. The SMILES string of the molecule is C=C/C=C(\C=CC)C(=O)NC1CCC(=O)N(C)C1=O. The van der Waals surface area contributed by atoms with E-state index in [4.69, 9.17) is 0 Å². The van der Waals surface area contributed by atoms with Gasteiger partial charge in [-0.25, -0.2) is 0 Å². The van der Waals surface area contributed by atoms with Crippen LogP contribution in [0, 0.1) is 0 Å². The highest BCUT2D eigenvalue weighted by Gasteiger charge is 2.32. The maximum Gasteiger partial charge on any atom is 0.251 e. The zero-order chi connectivity index (χ0) is 14.4. The van der Waals surface area contributed by atoms with Crippen molar-refractivity contribution in [2.45, 2.75) is 25.8 Å². The fourth-order valence-electron chi connectivity index (χ4n) is 1.80. The molecule has 1 aliphatic heterocycles. The Hall–Kier alpha value is -2.17. The van der Waals surface area contributed by atoms with Gasteiger partial charge in [-0.15, -0.1) is 0 Å². The minimum absolute atomic E-state index is 0.217. The smallest absolute Gasteiger partial charge is 0.251 e. The molecule has 1 atom stereocenters. The molecule has 0 spiro atoms. The number of nitrogens with zero attached hydrogens (tertiary/aromatic N) is 1. The van der Waals surface area contributed by atoms with Gasteiger partial charge in [-0.2, -0.15) is 0 Å². The minimum atomic E-state index is -0.645. The Kier molecular flexibility index (Phi) is 5.23. The van der Waals surface area contributed by atoms with Crippen molar-refractivity contribution >= 4 is 17.7 Å². The van der Waals surface area contributed by atoms with Gasteiger partial charge in [0.25, 0.3) is 11.8 Å². The van der Waals surface area contributed by atoms with E-state index in [1.54, 1.807) is 25.2 Å². The first-order valence-electron chi connectivity index (χ1n) is 6.08. The number of carbonyl (C=O) groups excluding carboxylic acids is 3. The first kappa shape index (κ1) is 14.9. The summed E-state index contributed by atoms with van der Waals surface area (Å²) in [7, 11) is 1.43. The van der Waals surface area contributed by atoms with E-state index in [-0.39, 0.29) is 24.1 Å². The third-order valence-electron chi connectivity index (χ3n) is 2.86. The van der Waals surface area contributed by atoms with Crippen molar-refractivity contribution in [3.63, 3.8) is 0 Å². The Morgan fingerprint density at radius 3 is 2.74 bits per heavy atom. The van der Waals surface area contributed by atoms with Gasteiger partial charge < -0.3 is 5.32 Å². The lowest BCUT2D eigenvalue weighted by atomic mass is 10.0. The molecular formula is C14H18N2O3. The first-order chi connectivity index (χ1) is 9.01. The van der Waals surface area contributed by atoms with Crippen molar-refractivity contribution in [2.24, 2.45) is 0 Å². The van der Waals surface area contributed by atoms with Crippen LogP contribution >= 0.6 is 0 Å². The van der Waals surface area contributed by atoms with Gasteiger partial charge in [0.2, 0.25) is 5.91 Å². The third kappa shape index (κ3) is 3.64. The second-order valence-corrected chi connectivity index (χ2v) is 4.21. The maximum absolute atomic E-state index is 12.0. The van der Waals surface area contributed by atoms with Crippen molar-refractivity contribution in [2.75, 3.05) is 7.05 Å². The van der Waals surface area contributed by atoms with Crippen LogP contribution in [0.5, 0.6) is 0 Å². The van der Waals surface area contributed by atoms with Crippen molar-refractivity contribution in [3.8, 4) is 0 Å². The van der Waals surface area contributed by atoms with Crippen LogP contribution in [0.1, 0.15) is 19.8 Å². The van der Waals surface area contributed by atoms with E-state index < -0.39 is 6.04 Å². The number of hydrogen-bond acceptors (Lipinski definition) is 3. The molecule has 0 saturated carbocycles. The van der Waals surface area contributed by atoms with Gasteiger partial charge in [0, 0.05) is 19.0 Å². The molecule has 1 rings (SSSR count). The van der Waals surface area contributed by atoms with E-state index in [1.807, 2.05) is 0 Å². The molecular weight excluding hydrogens is 244 g/mol. The summed E-state index contributed by atoms with van der Waals surface area (Å²) in [5.41, 5.74) is 0.421. The summed E-state index contributed by atoms with van der Waals surface area (Å²) < 4.78 is 0. The molecule has 3 amide bonds. The normalized spacial score (nSPS) is 20.8. The highest BCUT2D eigenvalue weighted by Crippen LogP contribution is 2.12. The number of nitrogens with one attached hydrogen (secondary N) is 1. The number of imide groups is 1. The number of likely N-dealkylation sites (N-methyl/N-ethyl adjacent to an activating group) is 1. The molecule has 0 aromatic rings. The molecule has 19 heavy (non-hydrogen) atoms. The van der Waals surface area contributed by atoms with Gasteiger partial charge in [0.1, 0.15) is 6.04 Å². The Balaban J connectivity index is 2.76. The molecule has 1 unspecified atom stereocenters. The average Bonchev–Trinajstić information content (AvgIpc) is 2.39. The van der Waals surface area contributed by atoms with E-state index in [9.17, 15) is 14.4 Å². The van der Waals surface area contributed by atoms with Gasteiger partial charge in [0.05, 0.1) is 0 Å². The predicted octanol–water partition coefficient (Wildman–Crippen LogP) is 0.938. The largest absolute Gasteiger partial charge is 0.340 e. The number of piperidine rings is 1. The van der Waals surface area contributed by atoms with Gasteiger partial charge in [-0.05, 0) is 13.3 Å². The molecule has 1 fully saturated rings. The molecule has 1 aliphatic rings. The molecule has 1 N–H and O–H groups in total. The van der Waals surface area contributed by atoms with Crippen LogP contribution in [0.2, 0.25) is 0 Å². The number of allylic oxidation sites excluding steroid dienone is 3. The molecule has 0 radical (unpaired) electrons. The second-order valence-electron chi connectivity index (χ2n) is 4.21. The molecule has 0 aromatic heterocycles. The quantitative estimate of drug-likeness (QED) is 0.466. The Labute approximate surface area is 112 Å². The average molecular weight is 262 g/mol. The summed E-state index contributed by atoms with van der Waals surface area (Å²) in [5.74, 6) is -0.937. The van der Waals surface area contributed by atoms with Gasteiger partial charge in [0.15, 0.2) is 0 Å². The van der Waals surface area contributed by atoms with Crippen LogP contribution in [0.15, 0.2) is 36.5 Å². The molecule has 0 aliphatic carbocycles. The van der Waals surface area contributed by atoms with E-state index >= 15 is 0 Å². The fraction of sp³-hybridized carbons (Fsp3) is 0.357. The summed E-state index contributed by atoms with van der Waals surface area (Å²) in [6, 6.07) is -0.645. The van der Waals surface area contributed by atoms with Crippen molar-refractivity contribution in [1.29, 1.82) is 0 Å². The summed E-state index contributed by atoms with van der Waals surface area (Å²) in [4.78, 5) is 36.2. The predicted molar refractivity (Wildman–Crippen MR) is 72.0 cm³/mol. The Bertz CT molecular complexity index is 463. The zero-order valence-electron chi connectivity index (χ0n) is 11.2. The minimum Gasteiger partial charge on any atom is -0.340 e. The zero-order valence-corrected chi connectivity index (χ0v) is 11.2. The monoisotopic (exact) mass is 262 g/mol. The molecule has 102 valence electrons. The number of likely N-dealkylation sites (tertiary alicyclic amines) is 1. The van der Waals surface area contributed by atoms with Crippen LogP contribution < -0.4 is 5.32 Å². The lowest BCUT2D eigenvalue weighted by molar-refractivity contribution is -0.149. The highest BCUT2D eigenvalue weighted by atomic mass is 16.2. The number of rotatable bonds is 4. The maximum atomic E-state index is 12.0. The number of carbonyl (C=O) groups is 3. The van der Waals surface area contributed by atoms with Crippen LogP contribution in [-0.4, -0.2) is 35.7 Å². The van der Waals surface area contributed by atoms with Crippen molar-refractivity contribution < 1.29 is 14.4 Å². The summed E-state index contributed by atoms with van der Waals surface area (Å²) >= 11 is 0. The lowest BCUT2D eigenvalue weighted by Crippen LogP contribution is -2.53. The summed E-state index contributed by atoms with van der Waals surface area (Å²) in [5, 5.41) is 2.64. The van der Waals surface area contributed by atoms with Gasteiger partial charge in [-0.3, -0.25) is 19.3 Å². The van der Waals surface area contributed by atoms with Crippen LogP contribution in [0.4, 0.5) is 0 Å². The molecule has 0 bridgehead atoms. The molecule has 5 nitrogen and oxygen atoms in total. The van der Waals surface area contributed by atoms with Gasteiger partial charge in [-0.1, -0.05) is 30.9 Å². The van der Waals surface area contributed by atoms with E-state index in [1.165, 1.54) is 13.1 Å². The topological polar surface area (TPSA) is 66.5 Å². The first-order valence-corrected chi connectivity index (χ1v) is 6.08. The molecule has 5 heteroatoms. The Morgan fingerprint density at radius 2 is 2.16 bits per heavy atom. The summed E-state index contributed by atoms with van der Waals surface area (Å²) in [6.07, 6.45) is 7.04. The molecule has 1 saturated heterocycles. The van der Waals surface area contributed by atoms with Gasteiger partial charge >= 0.3 is 0 Å². The van der Waals surface area contributed by atoms with Crippen LogP contribution in [0.25, 0.3) is 0 Å². The van der Waals surface area contributed by atoms with Crippen LogP contribution in [-0.2, 0) is 14.4 Å². The molecule has 1 heterocycles.